The van der Waals surface area contributed by atoms with Crippen LogP contribution in [-0.4, -0.2) is 16.3 Å². The molecule has 2 atom stereocenters. The van der Waals surface area contributed by atoms with E-state index in [1.165, 1.54) is 0 Å². The molecule has 0 aliphatic heterocycles. The average Bonchev–Trinajstić information content (AvgIpc) is 2.46. The standard InChI is InChI=1S/C16H16F3NO/c17-16(18,19)12-4-2-7-15(21,9-12)14-5-1-3-11-10-20-8-6-13(11)14/h1,3,5-6,8,10,12,21H,2,4,7,9H2. The molecule has 1 saturated carbocycles. The number of hydrogen-bond acceptors (Lipinski definition) is 2. The maximum absolute atomic E-state index is 13.0. The van der Waals surface area contributed by atoms with Crippen LogP contribution in [0.5, 0.6) is 0 Å². The Labute approximate surface area is 120 Å². The molecule has 1 aliphatic carbocycles. The first-order valence-electron chi connectivity index (χ1n) is 7.02. The summed E-state index contributed by atoms with van der Waals surface area (Å²) in [5.74, 6) is -1.44. The van der Waals surface area contributed by atoms with Gasteiger partial charge in [-0.2, -0.15) is 13.2 Å². The van der Waals surface area contributed by atoms with Gasteiger partial charge in [0.2, 0.25) is 0 Å². The molecule has 5 heteroatoms. The van der Waals surface area contributed by atoms with E-state index in [0.717, 1.165) is 10.8 Å². The van der Waals surface area contributed by atoms with Crippen molar-refractivity contribution < 1.29 is 18.3 Å². The van der Waals surface area contributed by atoms with Crippen molar-refractivity contribution in [1.29, 1.82) is 0 Å². The van der Waals surface area contributed by atoms with Crippen LogP contribution in [-0.2, 0) is 5.60 Å². The monoisotopic (exact) mass is 295 g/mol. The van der Waals surface area contributed by atoms with Gasteiger partial charge in [-0.05, 0) is 42.7 Å². The van der Waals surface area contributed by atoms with Crippen molar-refractivity contribution in [3.8, 4) is 0 Å². The molecule has 1 heterocycles. The molecule has 0 amide bonds. The lowest BCUT2D eigenvalue weighted by Gasteiger charge is -2.38. The van der Waals surface area contributed by atoms with Gasteiger partial charge in [0.1, 0.15) is 0 Å². The van der Waals surface area contributed by atoms with Crippen LogP contribution >= 0.6 is 0 Å². The number of rotatable bonds is 1. The summed E-state index contributed by atoms with van der Waals surface area (Å²) >= 11 is 0. The van der Waals surface area contributed by atoms with Crippen molar-refractivity contribution in [1.82, 2.24) is 4.98 Å². The Morgan fingerprint density at radius 1 is 1.24 bits per heavy atom. The predicted octanol–water partition coefficient (Wildman–Crippen LogP) is 4.17. The Kier molecular flexibility index (Phi) is 3.40. The van der Waals surface area contributed by atoms with Gasteiger partial charge in [-0.25, -0.2) is 0 Å². The maximum atomic E-state index is 13.0. The molecule has 2 aromatic rings. The molecule has 0 bridgehead atoms. The fourth-order valence-corrected chi connectivity index (χ4v) is 3.31. The van der Waals surface area contributed by atoms with E-state index < -0.39 is 17.7 Å². The first-order valence-corrected chi connectivity index (χ1v) is 7.02. The molecule has 1 fully saturated rings. The number of halogens is 3. The van der Waals surface area contributed by atoms with Gasteiger partial charge in [-0.3, -0.25) is 4.98 Å². The van der Waals surface area contributed by atoms with E-state index in [1.54, 1.807) is 30.6 Å². The summed E-state index contributed by atoms with van der Waals surface area (Å²) < 4.78 is 39.0. The van der Waals surface area contributed by atoms with Crippen molar-refractivity contribution in [2.24, 2.45) is 5.92 Å². The Morgan fingerprint density at radius 2 is 2.05 bits per heavy atom. The zero-order valence-electron chi connectivity index (χ0n) is 11.4. The Hall–Kier alpha value is -1.62. The van der Waals surface area contributed by atoms with Gasteiger partial charge in [0.05, 0.1) is 11.5 Å². The molecule has 0 saturated heterocycles. The summed E-state index contributed by atoms with van der Waals surface area (Å²) in [4.78, 5) is 4.01. The van der Waals surface area contributed by atoms with Gasteiger partial charge in [-0.1, -0.05) is 18.2 Å². The number of aromatic nitrogens is 1. The van der Waals surface area contributed by atoms with E-state index in [-0.39, 0.29) is 12.8 Å². The molecule has 1 aromatic heterocycles. The van der Waals surface area contributed by atoms with Gasteiger partial charge in [0.25, 0.3) is 0 Å². The summed E-state index contributed by atoms with van der Waals surface area (Å²) in [6, 6.07) is 7.08. The van der Waals surface area contributed by atoms with Gasteiger partial charge >= 0.3 is 6.18 Å². The molecule has 112 valence electrons. The van der Waals surface area contributed by atoms with Crippen molar-refractivity contribution in [2.75, 3.05) is 0 Å². The van der Waals surface area contributed by atoms with Crippen LogP contribution in [0.3, 0.4) is 0 Å². The van der Waals surface area contributed by atoms with Crippen LogP contribution in [0.15, 0.2) is 36.7 Å². The number of benzene rings is 1. The largest absolute Gasteiger partial charge is 0.391 e. The number of aliphatic hydroxyl groups is 1. The zero-order valence-corrected chi connectivity index (χ0v) is 11.4. The van der Waals surface area contributed by atoms with Gasteiger partial charge < -0.3 is 5.11 Å². The first-order chi connectivity index (χ1) is 9.90. The molecule has 21 heavy (non-hydrogen) atoms. The van der Waals surface area contributed by atoms with Crippen molar-refractivity contribution in [3.63, 3.8) is 0 Å². The van der Waals surface area contributed by atoms with E-state index in [1.807, 2.05) is 6.07 Å². The lowest BCUT2D eigenvalue weighted by atomic mass is 9.73. The van der Waals surface area contributed by atoms with Crippen LogP contribution in [0.2, 0.25) is 0 Å². The third kappa shape index (κ3) is 2.62. The molecular formula is C16H16F3NO. The minimum Gasteiger partial charge on any atom is -0.385 e. The van der Waals surface area contributed by atoms with Crippen molar-refractivity contribution in [2.45, 2.75) is 37.5 Å². The summed E-state index contributed by atoms with van der Waals surface area (Å²) in [6.07, 6.45) is -0.425. The molecule has 1 aliphatic rings. The van der Waals surface area contributed by atoms with Crippen LogP contribution in [0.4, 0.5) is 13.2 Å². The van der Waals surface area contributed by atoms with E-state index in [0.29, 0.717) is 18.4 Å². The molecule has 3 rings (SSSR count). The van der Waals surface area contributed by atoms with Crippen LogP contribution in [0.25, 0.3) is 10.8 Å². The molecule has 1 N–H and O–H groups in total. The van der Waals surface area contributed by atoms with E-state index in [9.17, 15) is 18.3 Å². The SMILES string of the molecule is OC1(c2cccc3cnccc23)CCCC(C(F)(F)F)C1. The summed E-state index contributed by atoms with van der Waals surface area (Å²) in [5, 5.41) is 12.5. The third-order valence-electron chi connectivity index (χ3n) is 4.37. The highest BCUT2D eigenvalue weighted by Gasteiger charge is 2.47. The number of hydrogen-bond donors (Lipinski definition) is 1. The van der Waals surface area contributed by atoms with E-state index >= 15 is 0 Å². The molecule has 0 radical (unpaired) electrons. The van der Waals surface area contributed by atoms with Gasteiger partial charge in [0, 0.05) is 17.8 Å². The van der Waals surface area contributed by atoms with E-state index in [2.05, 4.69) is 4.98 Å². The van der Waals surface area contributed by atoms with E-state index in [4.69, 9.17) is 0 Å². The fraction of sp³-hybridized carbons (Fsp3) is 0.438. The normalized spacial score (nSPS) is 27.0. The zero-order chi connectivity index (χ0) is 15.1. The minimum atomic E-state index is -4.25. The fourth-order valence-electron chi connectivity index (χ4n) is 3.31. The second kappa shape index (κ2) is 4.98. The van der Waals surface area contributed by atoms with Crippen molar-refractivity contribution >= 4 is 10.8 Å². The molecule has 2 unspecified atom stereocenters. The molecule has 0 spiro atoms. The highest BCUT2D eigenvalue weighted by molar-refractivity contribution is 5.85. The Balaban J connectivity index is 2.04. The lowest BCUT2D eigenvalue weighted by Crippen LogP contribution is -2.38. The first kappa shape index (κ1) is 14.3. The van der Waals surface area contributed by atoms with Crippen molar-refractivity contribution in [3.05, 3.63) is 42.2 Å². The van der Waals surface area contributed by atoms with Gasteiger partial charge in [0.15, 0.2) is 0 Å². The van der Waals surface area contributed by atoms with Crippen LogP contribution in [0, 0.1) is 5.92 Å². The van der Waals surface area contributed by atoms with Crippen LogP contribution < -0.4 is 0 Å². The highest BCUT2D eigenvalue weighted by Crippen LogP contribution is 2.47. The maximum Gasteiger partial charge on any atom is 0.391 e. The second-order valence-corrected chi connectivity index (χ2v) is 5.77. The van der Waals surface area contributed by atoms with Crippen LogP contribution in [0.1, 0.15) is 31.2 Å². The third-order valence-corrected chi connectivity index (χ3v) is 4.37. The Bertz CT molecular complexity index is 650. The number of pyridine rings is 1. The molecule has 2 nitrogen and oxygen atoms in total. The highest BCUT2D eigenvalue weighted by atomic mass is 19.4. The number of nitrogens with zero attached hydrogens (tertiary/aromatic N) is 1. The summed E-state index contributed by atoms with van der Waals surface area (Å²) in [6.45, 7) is 0. The second-order valence-electron chi connectivity index (χ2n) is 5.77. The predicted molar refractivity (Wildman–Crippen MR) is 73.7 cm³/mol. The molecule has 1 aromatic carbocycles. The number of alkyl halides is 3. The number of fused-ring (bicyclic) bond motifs is 1. The summed E-state index contributed by atoms with van der Waals surface area (Å²) in [5.41, 5.74) is -0.837. The quantitative estimate of drug-likeness (QED) is 0.856. The Morgan fingerprint density at radius 3 is 2.81 bits per heavy atom. The summed E-state index contributed by atoms with van der Waals surface area (Å²) in [7, 11) is 0. The van der Waals surface area contributed by atoms with Gasteiger partial charge in [-0.15, -0.1) is 0 Å². The smallest absolute Gasteiger partial charge is 0.385 e. The topological polar surface area (TPSA) is 33.1 Å². The lowest BCUT2D eigenvalue weighted by molar-refractivity contribution is -0.201. The average molecular weight is 295 g/mol. The molecular weight excluding hydrogens is 279 g/mol. The minimum absolute atomic E-state index is 0.0954.